The van der Waals surface area contributed by atoms with Crippen molar-refractivity contribution in [3.8, 4) is 10.6 Å². The Hall–Kier alpha value is -2.19. The molecule has 1 fully saturated rings. The summed E-state index contributed by atoms with van der Waals surface area (Å²) in [7, 11) is 0. The average molecular weight is 376 g/mol. The number of rotatable bonds is 9. The number of amides is 2. The zero-order valence-electron chi connectivity index (χ0n) is 14.6. The van der Waals surface area contributed by atoms with Crippen molar-refractivity contribution in [2.24, 2.45) is 11.7 Å². The van der Waals surface area contributed by atoms with Crippen LogP contribution in [0.4, 0.5) is 0 Å². The van der Waals surface area contributed by atoms with Gasteiger partial charge >= 0.3 is 0 Å². The number of nitrogens with two attached hydrogens (primary N) is 1. The summed E-state index contributed by atoms with van der Waals surface area (Å²) in [4.78, 5) is 26.5. The van der Waals surface area contributed by atoms with Gasteiger partial charge in [0, 0.05) is 19.2 Å². The number of nitrogens with zero attached hydrogens (tertiary/aromatic N) is 2. The van der Waals surface area contributed by atoms with E-state index >= 15 is 0 Å². The van der Waals surface area contributed by atoms with Gasteiger partial charge in [-0.15, -0.1) is 11.3 Å². The van der Waals surface area contributed by atoms with Crippen LogP contribution in [0.15, 0.2) is 28.1 Å². The molecule has 140 valence electrons. The average Bonchev–Trinajstić information content (AvgIpc) is 3.38. The van der Waals surface area contributed by atoms with Gasteiger partial charge in [0.2, 0.25) is 5.91 Å². The van der Waals surface area contributed by atoms with Gasteiger partial charge in [0.1, 0.15) is 0 Å². The number of carbonyl (C=O) groups is 2. The third kappa shape index (κ3) is 4.92. The molecule has 1 aliphatic heterocycles. The van der Waals surface area contributed by atoms with E-state index in [4.69, 9.17) is 10.3 Å². The van der Waals surface area contributed by atoms with E-state index in [0.717, 1.165) is 50.2 Å². The normalized spacial score (nSPS) is 17.5. The van der Waals surface area contributed by atoms with Gasteiger partial charge in [-0.3, -0.25) is 9.59 Å². The zero-order valence-corrected chi connectivity index (χ0v) is 15.5. The third-order valence-electron chi connectivity index (χ3n) is 4.62. The van der Waals surface area contributed by atoms with Crippen molar-refractivity contribution in [2.45, 2.75) is 25.7 Å². The Balaban J connectivity index is 1.29. The standard InChI is InChI=1S/C18H24N4O3S/c19-17(23)13-6-9-22(12-13)8-3-1-2-7-20-18(24)14-11-15(25-21-14)16-5-4-10-26-16/h4-5,10-11,13H,1-3,6-9,12H2,(H2,19,23)(H,20,24). The molecule has 3 N–H and O–H groups in total. The molecule has 2 aromatic rings. The number of hydrogen-bond acceptors (Lipinski definition) is 6. The number of unbranched alkanes of at least 4 members (excludes halogenated alkanes) is 2. The number of likely N-dealkylation sites (tertiary alicyclic amines) is 1. The molecule has 1 aliphatic rings. The van der Waals surface area contributed by atoms with Gasteiger partial charge in [-0.25, -0.2) is 0 Å². The fraction of sp³-hybridized carbons (Fsp3) is 0.500. The quantitative estimate of drug-likeness (QED) is 0.653. The number of carbonyl (C=O) groups excluding carboxylic acids is 2. The first kappa shape index (κ1) is 18.6. The highest BCUT2D eigenvalue weighted by molar-refractivity contribution is 7.13. The van der Waals surface area contributed by atoms with E-state index in [1.807, 2.05) is 17.5 Å². The fourth-order valence-corrected chi connectivity index (χ4v) is 3.79. The molecule has 0 radical (unpaired) electrons. The molecule has 0 saturated carbocycles. The highest BCUT2D eigenvalue weighted by Crippen LogP contribution is 2.25. The number of thiophene rings is 1. The Labute approximate surface area is 156 Å². The van der Waals surface area contributed by atoms with Crippen LogP contribution in [0.2, 0.25) is 0 Å². The number of primary amides is 1. The van der Waals surface area contributed by atoms with Crippen molar-refractivity contribution in [2.75, 3.05) is 26.2 Å². The maximum absolute atomic E-state index is 12.1. The van der Waals surface area contributed by atoms with Crippen LogP contribution in [-0.4, -0.2) is 48.0 Å². The first-order valence-corrected chi connectivity index (χ1v) is 9.82. The van der Waals surface area contributed by atoms with E-state index in [0.29, 0.717) is 18.0 Å². The summed E-state index contributed by atoms with van der Waals surface area (Å²) < 4.78 is 5.22. The predicted molar refractivity (Wildman–Crippen MR) is 99.7 cm³/mol. The van der Waals surface area contributed by atoms with E-state index in [2.05, 4.69) is 15.4 Å². The van der Waals surface area contributed by atoms with Gasteiger partial charge in [-0.05, 0) is 43.8 Å². The second-order valence-electron chi connectivity index (χ2n) is 6.56. The van der Waals surface area contributed by atoms with Crippen LogP contribution in [0.5, 0.6) is 0 Å². The van der Waals surface area contributed by atoms with Crippen molar-refractivity contribution in [1.29, 1.82) is 0 Å². The third-order valence-corrected chi connectivity index (χ3v) is 5.50. The zero-order chi connectivity index (χ0) is 18.4. The van der Waals surface area contributed by atoms with Gasteiger partial charge < -0.3 is 20.5 Å². The SMILES string of the molecule is NC(=O)C1CCN(CCCCCNC(=O)c2cc(-c3cccs3)on2)C1. The molecule has 0 spiro atoms. The van der Waals surface area contributed by atoms with Crippen LogP contribution < -0.4 is 11.1 Å². The molecule has 26 heavy (non-hydrogen) atoms. The van der Waals surface area contributed by atoms with Crippen molar-refractivity contribution in [3.63, 3.8) is 0 Å². The van der Waals surface area contributed by atoms with E-state index in [1.54, 1.807) is 17.4 Å². The van der Waals surface area contributed by atoms with Gasteiger partial charge in [-0.2, -0.15) is 0 Å². The number of aromatic nitrogens is 1. The second kappa shape index (κ2) is 8.95. The lowest BCUT2D eigenvalue weighted by molar-refractivity contribution is -0.121. The lowest BCUT2D eigenvalue weighted by Crippen LogP contribution is -2.28. The Bertz CT molecular complexity index is 729. The topological polar surface area (TPSA) is 101 Å². The first-order valence-electron chi connectivity index (χ1n) is 8.94. The van der Waals surface area contributed by atoms with E-state index < -0.39 is 0 Å². The number of hydrogen-bond donors (Lipinski definition) is 2. The minimum atomic E-state index is -0.208. The summed E-state index contributed by atoms with van der Waals surface area (Å²) in [5, 5.41) is 8.66. The molecule has 7 nitrogen and oxygen atoms in total. The minimum absolute atomic E-state index is 0.0100. The Morgan fingerprint density at radius 1 is 1.38 bits per heavy atom. The predicted octanol–water partition coefficient (Wildman–Crippen LogP) is 2.11. The summed E-state index contributed by atoms with van der Waals surface area (Å²) in [5.41, 5.74) is 5.65. The van der Waals surface area contributed by atoms with Crippen LogP contribution in [0.3, 0.4) is 0 Å². The summed E-state index contributed by atoms with van der Waals surface area (Å²) in [6, 6.07) is 5.53. The molecule has 8 heteroatoms. The summed E-state index contributed by atoms with van der Waals surface area (Å²) in [6.45, 7) is 3.32. The van der Waals surface area contributed by atoms with Crippen LogP contribution >= 0.6 is 11.3 Å². The van der Waals surface area contributed by atoms with Gasteiger partial charge in [-0.1, -0.05) is 17.6 Å². The molecule has 1 unspecified atom stereocenters. The van der Waals surface area contributed by atoms with Crippen molar-refractivity contribution < 1.29 is 14.1 Å². The second-order valence-corrected chi connectivity index (χ2v) is 7.51. The maximum Gasteiger partial charge on any atom is 0.273 e. The largest absolute Gasteiger partial charge is 0.369 e. The maximum atomic E-state index is 12.1. The van der Waals surface area contributed by atoms with Crippen molar-refractivity contribution in [1.82, 2.24) is 15.4 Å². The summed E-state index contributed by atoms with van der Waals surface area (Å²) in [5.74, 6) is 0.228. The van der Waals surface area contributed by atoms with Crippen LogP contribution in [-0.2, 0) is 4.79 Å². The van der Waals surface area contributed by atoms with E-state index in [1.165, 1.54) is 0 Å². The molecular formula is C18H24N4O3S. The van der Waals surface area contributed by atoms with E-state index in [9.17, 15) is 9.59 Å². The van der Waals surface area contributed by atoms with Gasteiger partial charge in [0.25, 0.3) is 5.91 Å². The monoisotopic (exact) mass is 376 g/mol. The van der Waals surface area contributed by atoms with Crippen LogP contribution in [0.1, 0.15) is 36.2 Å². The molecule has 1 atom stereocenters. The molecule has 0 bridgehead atoms. The molecule has 0 aliphatic carbocycles. The van der Waals surface area contributed by atoms with Gasteiger partial charge in [0.05, 0.1) is 10.8 Å². The smallest absolute Gasteiger partial charge is 0.273 e. The fourth-order valence-electron chi connectivity index (χ4n) is 3.11. The number of nitrogens with one attached hydrogen (secondary N) is 1. The summed E-state index contributed by atoms with van der Waals surface area (Å²) >= 11 is 1.54. The highest BCUT2D eigenvalue weighted by Gasteiger charge is 2.25. The highest BCUT2D eigenvalue weighted by atomic mass is 32.1. The van der Waals surface area contributed by atoms with Crippen LogP contribution in [0, 0.1) is 5.92 Å². The Morgan fingerprint density at radius 2 is 2.27 bits per heavy atom. The van der Waals surface area contributed by atoms with Crippen molar-refractivity contribution in [3.05, 3.63) is 29.3 Å². The molecule has 1 saturated heterocycles. The van der Waals surface area contributed by atoms with Crippen LogP contribution in [0.25, 0.3) is 10.6 Å². The lowest BCUT2D eigenvalue weighted by Gasteiger charge is -2.14. The molecule has 2 amide bonds. The van der Waals surface area contributed by atoms with Gasteiger partial charge in [0.15, 0.2) is 11.5 Å². The summed E-state index contributed by atoms with van der Waals surface area (Å²) in [6.07, 6.45) is 3.86. The molecule has 0 aromatic carbocycles. The Kier molecular flexibility index (Phi) is 6.40. The molecule has 3 rings (SSSR count). The Morgan fingerprint density at radius 3 is 3.00 bits per heavy atom. The molecule has 2 aromatic heterocycles. The lowest BCUT2D eigenvalue weighted by atomic mass is 10.1. The van der Waals surface area contributed by atoms with Crippen molar-refractivity contribution >= 4 is 23.2 Å². The minimum Gasteiger partial charge on any atom is -0.369 e. The molecular weight excluding hydrogens is 352 g/mol. The molecule has 3 heterocycles. The van der Waals surface area contributed by atoms with E-state index in [-0.39, 0.29) is 17.7 Å². The first-order chi connectivity index (χ1) is 12.6.